The maximum absolute atomic E-state index is 10.8. The van der Waals surface area contributed by atoms with Gasteiger partial charge in [-0.3, -0.25) is 4.90 Å². The van der Waals surface area contributed by atoms with Crippen LogP contribution < -0.4 is 0 Å². The third-order valence-electron chi connectivity index (χ3n) is 4.01. The molecule has 0 aliphatic heterocycles. The van der Waals surface area contributed by atoms with Crippen molar-refractivity contribution in [1.82, 2.24) is 4.90 Å². The third-order valence-corrected chi connectivity index (χ3v) is 4.01. The van der Waals surface area contributed by atoms with Crippen molar-refractivity contribution in [3.8, 4) is 0 Å². The van der Waals surface area contributed by atoms with Crippen molar-refractivity contribution in [2.24, 2.45) is 0 Å². The molecule has 1 N–H and O–H groups in total. The highest BCUT2D eigenvalue weighted by Gasteiger charge is 2.25. The van der Waals surface area contributed by atoms with E-state index in [2.05, 4.69) is 18.9 Å². The summed E-state index contributed by atoms with van der Waals surface area (Å²) in [6.07, 6.45) is 6.38. The fraction of sp³-hybridized carbons (Fsp3) is 0.643. The molecule has 18 heavy (non-hydrogen) atoms. The summed E-state index contributed by atoms with van der Waals surface area (Å²) in [7, 11) is 2.10. The highest BCUT2D eigenvalue weighted by Crippen LogP contribution is 2.29. The fourth-order valence-corrected chi connectivity index (χ4v) is 2.70. The largest absolute Gasteiger partial charge is 0.475 e. The van der Waals surface area contributed by atoms with Gasteiger partial charge >= 0.3 is 5.97 Å². The molecule has 1 aliphatic carbocycles. The average molecular weight is 251 g/mol. The number of aromatic carboxylic acids is 1. The smallest absolute Gasteiger partial charge is 0.371 e. The first-order chi connectivity index (χ1) is 8.59. The van der Waals surface area contributed by atoms with Crippen LogP contribution in [0.3, 0.4) is 0 Å². The van der Waals surface area contributed by atoms with E-state index in [0.29, 0.717) is 6.04 Å². The first kappa shape index (κ1) is 13.1. The van der Waals surface area contributed by atoms with E-state index in [1.165, 1.54) is 38.2 Å². The minimum atomic E-state index is -1.01. The second-order valence-electron chi connectivity index (χ2n) is 5.14. The first-order valence-corrected chi connectivity index (χ1v) is 6.64. The zero-order chi connectivity index (χ0) is 13.1. The van der Waals surface area contributed by atoms with Gasteiger partial charge in [0.25, 0.3) is 0 Å². The fourth-order valence-electron chi connectivity index (χ4n) is 2.70. The summed E-state index contributed by atoms with van der Waals surface area (Å²) in [6.45, 7) is 2.07. The summed E-state index contributed by atoms with van der Waals surface area (Å²) in [5.74, 6) is -0.247. The molecule has 4 nitrogen and oxygen atoms in total. The molecule has 1 atom stereocenters. The lowest BCUT2D eigenvalue weighted by atomic mass is 9.93. The van der Waals surface area contributed by atoms with Crippen LogP contribution in [-0.2, 0) is 0 Å². The summed E-state index contributed by atoms with van der Waals surface area (Å²) in [4.78, 5) is 13.1. The Labute approximate surface area is 108 Å². The molecule has 1 aliphatic rings. The lowest BCUT2D eigenvalue weighted by Gasteiger charge is -2.34. The number of furan rings is 1. The van der Waals surface area contributed by atoms with Crippen LogP contribution in [0.5, 0.6) is 0 Å². The van der Waals surface area contributed by atoms with Gasteiger partial charge in [-0.1, -0.05) is 19.3 Å². The summed E-state index contributed by atoms with van der Waals surface area (Å²) in [5.41, 5.74) is 0. The van der Waals surface area contributed by atoms with E-state index in [1.807, 2.05) is 0 Å². The van der Waals surface area contributed by atoms with Gasteiger partial charge in [-0.15, -0.1) is 0 Å². The SMILES string of the molecule is CC(c1ccc(C(=O)O)o1)N(C)C1CCCCC1. The molecule has 0 aromatic carbocycles. The molecule has 0 amide bonds. The number of carboxylic acid groups (broad SMARTS) is 1. The van der Waals surface area contributed by atoms with Gasteiger partial charge in [0.15, 0.2) is 0 Å². The van der Waals surface area contributed by atoms with Gasteiger partial charge in [-0.05, 0) is 38.9 Å². The number of carbonyl (C=O) groups is 1. The number of hydrogen-bond acceptors (Lipinski definition) is 3. The monoisotopic (exact) mass is 251 g/mol. The van der Waals surface area contributed by atoms with Crippen LogP contribution in [0.2, 0.25) is 0 Å². The van der Waals surface area contributed by atoms with Gasteiger partial charge in [0.1, 0.15) is 5.76 Å². The Morgan fingerprint density at radius 3 is 2.61 bits per heavy atom. The maximum Gasteiger partial charge on any atom is 0.371 e. The van der Waals surface area contributed by atoms with E-state index in [9.17, 15) is 4.79 Å². The second-order valence-corrected chi connectivity index (χ2v) is 5.14. The highest BCUT2D eigenvalue weighted by atomic mass is 16.4. The third kappa shape index (κ3) is 2.75. The van der Waals surface area contributed by atoms with Gasteiger partial charge in [0.05, 0.1) is 6.04 Å². The van der Waals surface area contributed by atoms with Crippen LogP contribution in [0.1, 0.15) is 61.4 Å². The van der Waals surface area contributed by atoms with E-state index in [4.69, 9.17) is 9.52 Å². The van der Waals surface area contributed by atoms with Crippen LogP contribution >= 0.6 is 0 Å². The quantitative estimate of drug-likeness (QED) is 0.892. The van der Waals surface area contributed by atoms with E-state index >= 15 is 0 Å². The summed E-state index contributed by atoms with van der Waals surface area (Å²) >= 11 is 0. The number of nitrogens with zero attached hydrogens (tertiary/aromatic N) is 1. The predicted molar refractivity (Wildman–Crippen MR) is 68.7 cm³/mol. The van der Waals surface area contributed by atoms with E-state index in [-0.39, 0.29) is 11.8 Å². The van der Waals surface area contributed by atoms with Crippen LogP contribution in [0.25, 0.3) is 0 Å². The van der Waals surface area contributed by atoms with E-state index in [1.54, 1.807) is 6.07 Å². The predicted octanol–water partition coefficient (Wildman–Crippen LogP) is 3.30. The van der Waals surface area contributed by atoms with Gasteiger partial charge in [0, 0.05) is 6.04 Å². The summed E-state index contributed by atoms with van der Waals surface area (Å²) < 4.78 is 5.38. The molecule has 1 saturated carbocycles. The topological polar surface area (TPSA) is 53.7 Å². The van der Waals surface area contributed by atoms with Crippen molar-refractivity contribution in [1.29, 1.82) is 0 Å². The van der Waals surface area contributed by atoms with Crippen molar-refractivity contribution in [2.75, 3.05) is 7.05 Å². The number of carboxylic acids is 1. The van der Waals surface area contributed by atoms with Gasteiger partial charge < -0.3 is 9.52 Å². The Kier molecular flexibility index (Phi) is 4.07. The molecule has 0 bridgehead atoms. The molecule has 100 valence electrons. The summed E-state index contributed by atoms with van der Waals surface area (Å²) in [6, 6.07) is 4.02. The molecule has 1 aromatic heterocycles. The van der Waals surface area contributed by atoms with Crippen molar-refractivity contribution in [2.45, 2.75) is 51.1 Å². The molecule has 0 spiro atoms. The Morgan fingerprint density at radius 1 is 1.39 bits per heavy atom. The minimum Gasteiger partial charge on any atom is -0.475 e. The standard InChI is InChI=1S/C14H21NO3/c1-10(12-8-9-13(18-12)14(16)17)15(2)11-6-4-3-5-7-11/h8-11H,3-7H2,1-2H3,(H,16,17). The van der Waals surface area contributed by atoms with Crippen molar-refractivity contribution < 1.29 is 14.3 Å². The highest BCUT2D eigenvalue weighted by molar-refractivity contribution is 5.84. The van der Waals surface area contributed by atoms with Crippen LogP contribution in [-0.4, -0.2) is 29.1 Å². The zero-order valence-corrected chi connectivity index (χ0v) is 11.1. The molecule has 2 rings (SSSR count). The van der Waals surface area contributed by atoms with Gasteiger partial charge in [-0.25, -0.2) is 4.79 Å². The molecule has 0 radical (unpaired) electrons. The molecule has 0 saturated heterocycles. The minimum absolute atomic E-state index is 0.0221. The zero-order valence-electron chi connectivity index (χ0n) is 11.1. The maximum atomic E-state index is 10.8. The van der Waals surface area contributed by atoms with Gasteiger partial charge in [-0.2, -0.15) is 0 Å². The molecule has 1 aromatic rings. The lowest BCUT2D eigenvalue weighted by Crippen LogP contribution is -2.35. The van der Waals surface area contributed by atoms with Crippen LogP contribution in [0.15, 0.2) is 16.5 Å². The van der Waals surface area contributed by atoms with Crippen LogP contribution in [0, 0.1) is 0 Å². The lowest BCUT2D eigenvalue weighted by molar-refractivity contribution is 0.0653. The van der Waals surface area contributed by atoms with Crippen LogP contribution in [0.4, 0.5) is 0 Å². The molecule has 4 heteroatoms. The second kappa shape index (κ2) is 5.57. The number of rotatable bonds is 4. The van der Waals surface area contributed by atoms with E-state index in [0.717, 1.165) is 5.76 Å². The molecular formula is C14H21NO3. The molecular weight excluding hydrogens is 230 g/mol. The van der Waals surface area contributed by atoms with Crippen molar-refractivity contribution in [3.63, 3.8) is 0 Å². The molecule has 1 fully saturated rings. The normalized spacial score (nSPS) is 19.1. The summed E-state index contributed by atoms with van der Waals surface area (Å²) in [5, 5.41) is 8.86. The van der Waals surface area contributed by atoms with E-state index < -0.39 is 5.97 Å². The average Bonchev–Trinajstić information content (AvgIpc) is 2.88. The van der Waals surface area contributed by atoms with Crippen molar-refractivity contribution >= 4 is 5.97 Å². The number of hydrogen-bond donors (Lipinski definition) is 1. The Morgan fingerprint density at radius 2 is 2.06 bits per heavy atom. The Balaban J connectivity index is 2.04. The van der Waals surface area contributed by atoms with Crippen molar-refractivity contribution in [3.05, 3.63) is 23.7 Å². The Bertz CT molecular complexity index is 407. The Hall–Kier alpha value is -1.29. The van der Waals surface area contributed by atoms with Gasteiger partial charge in [0.2, 0.25) is 5.76 Å². The first-order valence-electron chi connectivity index (χ1n) is 6.64. The molecule has 1 heterocycles. The molecule has 1 unspecified atom stereocenters.